The molecule has 1 aromatic carbocycles. The van der Waals surface area contributed by atoms with E-state index in [0.717, 1.165) is 36.4 Å². The van der Waals surface area contributed by atoms with Gasteiger partial charge in [-0.05, 0) is 50.6 Å². The Hall–Kier alpha value is -1.72. The predicted octanol–water partition coefficient (Wildman–Crippen LogP) is 3.14. The summed E-state index contributed by atoms with van der Waals surface area (Å²) in [7, 11) is 0. The summed E-state index contributed by atoms with van der Waals surface area (Å²) in [5.74, 6) is 1.03. The number of rotatable bonds is 4. The maximum atomic E-state index is 13.0. The number of hydrogen-bond acceptors (Lipinski definition) is 4. The number of aryl methyl sites for hydroxylation is 1. The Morgan fingerprint density at radius 3 is 2.82 bits per heavy atom. The standard InChI is InChI=1S/C17H21FN2O2/c1-12-16(10-20-9-3-2-4-15(20)11-21)19-17(22-12)13-5-7-14(18)8-6-13/h5-8,15,21H,2-4,9-11H2,1H3/t15-/m1/s1. The molecule has 1 saturated heterocycles. The molecule has 0 aliphatic carbocycles. The van der Waals surface area contributed by atoms with Crippen molar-refractivity contribution in [3.63, 3.8) is 0 Å². The SMILES string of the molecule is Cc1oc(-c2ccc(F)cc2)nc1CN1CCCC[C@@H]1CO. The van der Waals surface area contributed by atoms with Crippen molar-refractivity contribution >= 4 is 0 Å². The zero-order chi connectivity index (χ0) is 15.5. The van der Waals surface area contributed by atoms with E-state index in [9.17, 15) is 9.50 Å². The Morgan fingerprint density at radius 1 is 1.32 bits per heavy atom. The van der Waals surface area contributed by atoms with Gasteiger partial charge in [-0.1, -0.05) is 6.42 Å². The Labute approximate surface area is 129 Å². The van der Waals surface area contributed by atoms with Crippen LogP contribution in [0.1, 0.15) is 30.7 Å². The largest absolute Gasteiger partial charge is 0.441 e. The Bertz CT molecular complexity index is 624. The highest BCUT2D eigenvalue weighted by molar-refractivity contribution is 5.53. The van der Waals surface area contributed by atoms with Gasteiger partial charge in [-0.15, -0.1) is 0 Å². The minimum Gasteiger partial charge on any atom is -0.441 e. The maximum Gasteiger partial charge on any atom is 0.226 e. The van der Waals surface area contributed by atoms with Crippen LogP contribution in [0.15, 0.2) is 28.7 Å². The molecule has 0 unspecified atom stereocenters. The second-order valence-electron chi connectivity index (χ2n) is 5.83. The number of benzene rings is 1. The third-order valence-electron chi connectivity index (χ3n) is 4.30. The number of halogens is 1. The van der Waals surface area contributed by atoms with Gasteiger partial charge in [0.15, 0.2) is 0 Å². The average molecular weight is 304 g/mol. The van der Waals surface area contributed by atoms with E-state index < -0.39 is 0 Å². The third-order valence-corrected chi connectivity index (χ3v) is 4.30. The smallest absolute Gasteiger partial charge is 0.226 e. The minimum absolute atomic E-state index is 0.182. The van der Waals surface area contributed by atoms with E-state index in [0.29, 0.717) is 12.4 Å². The molecule has 1 aromatic heterocycles. The number of aliphatic hydroxyl groups excluding tert-OH is 1. The highest BCUT2D eigenvalue weighted by Gasteiger charge is 2.24. The van der Waals surface area contributed by atoms with Crippen LogP contribution in [0.25, 0.3) is 11.5 Å². The van der Waals surface area contributed by atoms with Gasteiger partial charge in [0.25, 0.3) is 0 Å². The van der Waals surface area contributed by atoms with E-state index in [1.807, 2.05) is 6.92 Å². The molecule has 0 saturated carbocycles. The van der Waals surface area contributed by atoms with Crippen molar-refractivity contribution in [2.45, 2.75) is 38.8 Å². The summed E-state index contributed by atoms with van der Waals surface area (Å²) in [5, 5.41) is 9.50. The van der Waals surface area contributed by atoms with Crippen molar-refractivity contribution in [1.82, 2.24) is 9.88 Å². The van der Waals surface area contributed by atoms with Crippen LogP contribution in [0.4, 0.5) is 4.39 Å². The molecule has 1 atom stereocenters. The Kier molecular flexibility index (Phi) is 4.55. The van der Waals surface area contributed by atoms with Gasteiger partial charge >= 0.3 is 0 Å². The number of likely N-dealkylation sites (tertiary alicyclic amines) is 1. The van der Waals surface area contributed by atoms with Gasteiger partial charge in [0.1, 0.15) is 11.6 Å². The van der Waals surface area contributed by atoms with Crippen molar-refractivity contribution in [3.8, 4) is 11.5 Å². The van der Waals surface area contributed by atoms with Crippen LogP contribution >= 0.6 is 0 Å². The highest BCUT2D eigenvalue weighted by atomic mass is 19.1. The van der Waals surface area contributed by atoms with Gasteiger partial charge < -0.3 is 9.52 Å². The van der Waals surface area contributed by atoms with Crippen molar-refractivity contribution in [2.75, 3.05) is 13.2 Å². The fraction of sp³-hybridized carbons (Fsp3) is 0.471. The summed E-state index contributed by atoms with van der Waals surface area (Å²) in [6.07, 6.45) is 3.34. The van der Waals surface area contributed by atoms with Crippen LogP contribution in [0.2, 0.25) is 0 Å². The molecule has 0 radical (unpaired) electrons. The molecule has 1 aliphatic heterocycles. The van der Waals surface area contributed by atoms with Crippen LogP contribution < -0.4 is 0 Å². The first kappa shape index (κ1) is 15.2. The molecule has 118 valence electrons. The van der Waals surface area contributed by atoms with Gasteiger partial charge in [0.05, 0.1) is 12.3 Å². The van der Waals surface area contributed by atoms with Crippen molar-refractivity contribution in [2.24, 2.45) is 0 Å². The molecule has 0 bridgehead atoms. The maximum absolute atomic E-state index is 13.0. The second kappa shape index (κ2) is 6.58. The molecule has 3 rings (SSSR count). The first-order valence-corrected chi connectivity index (χ1v) is 7.74. The van der Waals surface area contributed by atoms with Crippen molar-refractivity contribution in [1.29, 1.82) is 0 Å². The number of oxazole rings is 1. The lowest BCUT2D eigenvalue weighted by Gasteiger charge is -2.33. The quantitative estimate of drug-likeness (QED) is 0.943. The van der Waals surface area contributed by atoms with Crippen molar-refractivity contribution in [3.05, 3.63) is 41.5 Å². The van der Waals surface area contributed by atoms with Gasteiger partial charge in [0, 0.05) is 18.2 Å². The summed E-state index contributed by atoms with van der Waals surface area (Å²) in [4.78, 5) is 6.83. The molecule has 1 aliphatic rings. The Morgan fingerprint density at radius 2 is 2.09 bits per heavy atom. The van der Waals surface area contributed by atoms with E-state index >= 15 is 0 Å². The molecule has 0 spiro atoms. The molecule has 1 N–H and O–H groups in total. The fourth-order valence-corrected chi connectivity index (χ4v) is 2.96. The number of aliphatic hydroxyl groups is 1. The van der Waals surface area contributed by atoms with Crippen LogP contribution in [0.5, 0.6) is 0 Å². The zero-order valence-corrected chi connectivity index (χ0v) is 12.8. The van der Waals surface area contributed by atoms with E-state index in [1.165, 1.54) is 18.6 Å². The molecule has 1 fully saturated rings. The van der Waals surface area contributed by atoms with E-state index in [2.05, 4.69) is 9.88 Å². The lowest BCUT2D eigenvalue weighted by atomic mass is 10.0. The van der Waals surface area contributed by atoms with Gasteiger partial charge in [-0.25, -0.2) is 9.37 Å². The van der Waals surface area contributed by atoms with Gasteiger partial charge in [0.2, 0.25) is 5.89 Å². The summed E-state index contributed by atoms with van der Waals surface area (Å²) in [6, 6.07) is 6.35. The molecule has 0 amide bonds. The number of piperidine rings is 1. The molecule has 2 heterocycles. The monoisotopic (exact) mass is 304 g/mol. The molecule has 22 heavy (non-hydrogen) atoms. The first-order chi connectivity index (χ1) is 10.7. The second-order valence-corrected chi connectivity index (χ2v) is 5.83. The molecular formula is C17H21FN2O2. The first-order valence-electron chi connectivity index (χ1n) is 7.74. The lowest BCUT2D eigenvalue weighted by Crippen LogP contribution is -2.41. The average Bonchev–Trinajstić information content (AvgIpc) is 2.89. The number of aromatic nitrogens is 1. The zero-order valence-electron chi connectivity index (χ0n) is 12.8. The minimum atomic E-state index is -0.272. The molecule has 2 aromatic rings. The van der Waals surface area contributed by atoms with Crippen LogP contribution in [0, 0.1) is 12.7 Å². The van der Waals surface area contributed by atoms with Gasteiger partial charge in [-0.3, -0.25) is 4.90 Å². The lowest BCUT2D eigenvalue weighted by molar-refractivity contribution is 0.0828. The van der Waals surface area contributed by atoms with Gasteiger partial charge in [-0.2, -0.15) is 0 Å². The van der Waals surface area contributed by atoms with Crippen molar-refractivity contribution < 1.29 is 13.9 Å². The number of nitrogens with zero attached hydrogens (tertiary/aromatic N) is 2. The number of hydrogen-bond donors (Lipinski definition) is 1. The van der Waals surface area contributed by atoms with Crippen LogP contribution in [-0.2, 0) is 6.54 Å². The fourth-order valence-electron chi connectivity index (χ4n) is 2.96. The predicted molar refractivity (Wildman–Crippen MR) is 81.8 cm³/mol. The molecule has 4 nitrogen and oxygen atoms in total. The molecular weight excluding hydrogens is 283 g/mol. The summed E-state index contributed by atoms with van der Waals surface area (Å²) in [5.41, 5.74) is 1.66. The van der Waals surface area contributed by atoms with Crippen LogP contribution in [-0.4, -0.2) is 34.2 Å². The highest BCUT2D eigenvalue weighted by Crippen LogP contribution is 2.25. The molecule has 5 heteroatoms. The van der Waals surface area contributed by atoms with E-state index in [4.69, 9.17) is 4.42 Å². The summed E-state index contributed by atoms with van der Waals surface area (Å²) < 4.78 is 18.7. The van der Waals surface area contributed by atoms with E-state index in [-0.39, 0.29) is 18.5 Å². The normalized spacial score (nSPS) is 19.5. The van der Waals surface area contributed by atoms with E-state index in [1.54, 1.807) is 12.1 Å². The van der Waals surface area contributed by atoms with Crippen LogP contribution in [0.3, 0.4) is 0 Å². The Balaban J connectivity index is 1.78. The topological polar surface area (TPSA) is 49.5 Å². The summed E-state index contributed by atoms with van der Waals surface area (Å²) >= 11 is 0. The third kappa shape index (κ3) is 3.20. The summed E-state index contributed by atoms with van der Waals surface area (Å²) in [6.45, 7) is 3.74.